The summed E-state index contributed by atoms with van der Waals surface area (Å²) in [6.45, 7) is 1.83. The van der Waals surface area contributed by atoms with Crippen LogP contribution in [-0.4, -0.2) is 52.9 Å². The number of aromatic nitrogens is 3. The first-order valence-corrected chi connectivity index (χ1v) is 10.9. The first-order chi connectivity index (χ1) is 14.7. The molecule has 0 aliphatic heterocycles. The Kier molecular flexibility index (Phi) is 6.65. The zero-order valence-electron chi connectivity index (χ0n) is 16.4. The van der Waals surface area contributed by atoms with E-state index in [1.54, 1.807) is 13.0 Å². The molecule has 0 fully saturated rings. The Hall–Kier alpha value is -3.32. The van der Waals surface area contributed by atoms with Crippen LogP contribution in [0.4, 0.5) is 26.0 Å². The minimum atomic E-state index is -3.84. The van der Waals surface area contributed by atoms with Crippen LogP contribution < -0.4 is 15.4 Å². The molecule has 2 aromatic heterocycles. The maximum atomic E-state index is 14.7. The molecule has 10 nitrogen and oxygen atoms in total. The van der Waals surface area contributed by atoms with Crippen molar-refractivity contribution in [3.63, 3.8) is 0 Å². The van der Waals surface area contributed by atoms with Gasteiger partial charge in [0.15, 0.2) is 17.3 Å². The van der Waals surface area contributed by atoms with Crippen LogP contribution in [0.3, 0.4) is 0 Å². The summed E-state index contributed by atoms with van der Waals surface area (Å²) in [5.74, 6) is -3.43. The number of fused-ring (bicyclic) bond motifs is 1. The molecule has 1 aromatic carbocycles. The van der Waals surface area contributed by atoms with E-state index in [0.717, 1.165) is 12.1 Å². The molecule has 0 atom stereocenters. The second kappa shape index (κ2) is 9.22. The van der Waals surface area contributed by atoms with Crippen LogP contribution in [0.25, 0.3) is 5.65 Å². The van der Waals surface area contributed by atoms with Crippen molar-refractivity contribution in [1.82, 2.24) is 14.6 Å². The van der Waals surface area contributed by atoms with E-state index < -0.39 is 38.8 Å². The smallest absolute Gasteiger partial charge is 0.261 e. The van der Waals surface area contributed by atoms with Gasteiger partial charge in [-0.3, -0.25) is 9.52 Å². The lowest BCUT2D eigenvalue weighted by atomic mass is 10.1. The van der Waals surface area contributed by atoms with Crippen molar-refractivity contribution < 1.29 is 27.1 Å². The third-order valence-electron chi connectivity index (χ3n) is 4.05. The summed E-state index contributed by atoms with van der Waals surface area (Å²) < 4.78 is 56.1. The summed E-state index contributed by atoms with van der Waals surface area (Å²) in [4.78, 5) is 16.6. The van der Waals surface area contributed by atoms with E-state index in [2.05, 4.69) is 20.7 Å². The highest BCUT2D eigenvalue weighted by atomic mass is 32.2. The van der Waals surface area contributed by atoms with Gasteiger partial charge in [0.05, 0.1) is 36.1 Å². The highest BCUT2D eigenvalue weighted by molar-refractivity contribution is 7.92. The lowest BCUT2D eigenvalue weighted by Crippen LogP contribution is -2.20. The standard InChI is InChI=1S/C18H20F2N6O4S/c1-2-7-31(29,30)25-13-4-3-12(19)16(17(13)20)18(28)23-11-9-22-15-8-14(21-5-6-27)24-26(15)10-11/h3-4,8-10,25,27H,2,5-7H2,1H3,(H,21,24)(H,23,28). The van der Waals surface area contributed by atoms with Gasteiger partial charge in [-0.05, 0) is 18.6 Å². The molecule has 0 aliphatic rings. The quantitative estimate of drug-likeness (QED) is 0.387. The van der Waals surface area contributed by atoms with Crippen molar-refractivity contribution in [1.29, 1.82) is 0 Å². The van der Waals surface area contributed by atoms with Crippen LogP contribution in [0, 0.1) is 11.6 Å². The maximum absolute atomic E-state index is 14.7. The summed E-state index contributed by atoms with van der Waals surface area (Å²) in [5, 5.41) is 18.2. The number of sulfonamides is 1. The zero-order valence-corrected chi connectivity index (χ0v) is 17.2. The fourth-order valence-corrected chi connectivity index (χ4v) is 3.86. The van der Waals surface area contributed by atoms with Gasteiger partial charge in [-0.1, -0.05) is 6.92 Å². The predicted molar refractivity (Wildman–Crippen MR) is 111 cm³/mol. The van der Waals surface area contributed by atoms with E-state index >= 15 is 0 Å². The van der Waals surface area contributed by atoms with Gasteiger partial charge in [-0.25, -0.2) is 26.7 Å². The zero-order chi connectivity index (χ0) is 22.6. The number of rotatable bonds is 9. The molecule has 1 amide bonds. The number of nitrogens with one attached hydrogen (secondary N) is 3. The number of hydrogen-bond donors (Lipinski definition) is 4. The van der Waals surface area contributed by atoms with Crippen molar-refractivity contribution in [3.05, 3.63) is 47.8 Å². The molecule has 0 unspecified atom stereocenters. The van der Waals surface area contributed by atoms with Crippen molar-refractivity contribution in [3.8, 4) is 0 Å². The molecule has 31 heavy (non-hydrogen) atoms. The molecule has 2 heterocycles. The number of hydrogen-bond acceptors (Lipinski definition) is 7. The van der Waals surface area contributed by atoms with Crippen LogP contribution in [-0.2, 0) is 10.0 Å². The minimum absolute atomic E-state index is 0.0899. The Labute approximate surface area is 176 Å². The van der Waals surface area contributed by atoms with Gasteiger partial charge < -0.3 is 15.7 Å². The van der Waals surface area contributed by atoms with Crippen LogP contribution in [0.15, 0.2) is 30.6 Å². The number of nitrogens with zero attached hydrogens (tertiary/aromatic N) is 3. The number of aliphatic hydroxyl groups is 1. The predicted octanol–water partition coefficient (Wildman–Crippen LogP) is 1.82. The number of benzene rings is 1. The molecule has 0 saturated heterocycles. The SMILES string of the molecule is CCCS(=O)(=O)Nc1ccc(F)c(C(=O)Nc2cnc3cc(NCCO)nn3c2)c1F. The van der Waals surface area contributed by atoms with Crippen LogP contribution in [0.2, 0.25) is 0 Å². The molecular weight excluding hydrogens is 434 g/mol. The molecule has 0 radical (unpaired) electrons. The summed E-state index contributed by atoms with van der Waals surface area (Å²) in [5.41, 5.74) is -0.934. The molecular formula is C18H20F2N6O4S. The van der Waals surface area contributed by atoms with Gasteiger partial charge in [-0.15, -0.1) is 5.10 Å². The van der Waals surface area contributed by atoms with E-state index in [0.29, 0.717) is 17.9 Å². The molecule has 4 N–H and O–H groups in total. The van der Waals surface area contributed by atoms with Crippen LogP contribution in [0.5, 0.6) is 0 Å². The molecule has 0 bridgehead atoms. The summed E-state index contributed by atoms with van der Waals surface area (Å²) >= 11 is 0. The summed E-state index contributed by atoms with van der Waals surface area (Å²) in [6, 6.07) is 3.31. The Balaban J connectivity index is 1.85. The minimum Gasteiger partial charge on any atom is -0.395 e. The van der Waals surface area contributed by atoms with Crippen molar-refractivity contribution in [2.24, 2.45) is 0 Å². The van der Waals surface area contributed by atoms with E-state index in [1.165, 1.54) is 16.9 Å². The number of amides is 1. The van der Waals surface area contributed by atoms with Gasteiger partial charge in [-0.2, -0.15) is 0 Å². The molecule has 3 rings (SSSR count). The fourth-order valence-electron chi connectivity index (χ4n) is 2.73. The number of carbonyl (C=O) groups excluding carboxylic acids is 1. The number of carbonyl (C=O) groups is 1. The Morgan fingerprint density at radius 3 is 2.77 bits per heavy atom. The second-order valence-corrected chi connectivity index (χ2v) is 8.33. The van der Waals surface area contributed by atoms with Crippen LogP contribution in [0.1, 0.15) is 23.7 Å². The van der Waals surface area contributed by atoms with Crippen molar-refractivity contribution in [2.45, 2.75) is 13.3 Å². The maximum Gasteiger partial charge on any atom is 0.261 e. The summed E-state index contributed by atoms with van der Waals surface area (Å²) in [6.07, 6.45) is 2.95. The van der Waals surface area contributed by atoms with E-state index in [4.69, 9.17) is 5.11 Å². The first-order valence-electron chi connectivity index (χ1n) is 9.24. The topological polar surface area (TPSA) is 138 Å². The summed E-state index contributed by atoms with van der Waals surface area (Å²) in [7, 11) is -3.84. The lowest BCUT2D eigenvalue weighted by molar-refractivity contribution is 0.101. The van der Waals surface area contributed by atoms with Gasteiger partial charge in [0, 0.05) is 12.6 Å². The molecule has 3 aromatic rings. The molecule has 0 saturated carbocycles. The highest BCUT2D eigenvalue weighted by Crippen LogP contribution is 2.24. The van der Waals surface area contributed by atoms with Gasteiger partial charge in [0.2, 0.25) is 10.0 Å². The number of halogens is 2. The van der Waals surface area contributed by atoms with Gasteiger partial charge >= 0.3 is 0 Å². The Bertz CT molecular complexity index is 1220. The average molecular weight is 454 g/mol. The third-order valence-corrected chi connectivity index (χ3v) is 5.52. The lowest BCUT2D eigenvalue weighted by Gasteiger charge is -2.12. The Morgan fingerprint density at radius 1 is 1.29 bits per heavy atom. The van der Waals surface area contributed by atoms with E-state index in [1.807, 2.05) is 4.72 Å². The number of anilines is 3. The normalized spacial score (nSPS) is 11.5. The first kappa shape index (κ1) is 22.4. The van der Waals surface area contributed by atoms with Crippen molar-refractivity contribution in [2.75, 3.05) is 34.3 Å². The van der Waals surface area contributed by atoms with E-state index in [-0.39, 0.29) is 24.6 Å². The van der Waals surface area contributed by atoms with Crippen molar-refractivity contribution >= 4 is 38.8 Å². The fraction of sp³-hybridized carbons (Fsp3) is 0.278. The average Bonchev–Trinajstić information content (AvgIpc) is 3.10. The highest BCUT2D eigenvalue weighted by Gasteiger charge is 2.23. The molecule has 0 aliphatic carbocycles. The van der Waals surface area contributed by atoms with Crippen LogP contribution >= 0.6 is 0 Å². The third kappa shape index (κ3) is 5.24. The van der Waals surface area contributed by atoms with E-state index in [9.17, 15) is 22.0 Å². The largest absolute Gasteiger partial charge is 0.395 e. The molecule has 0 spiro atoms. The van der Waals surface area contributed by atoms with Gasteiger partial charge in [0.1, 0.15) is 11.4 Å². The monoisotopic (exact) mass is 454 g/mol. The number of aliphatic hydroxyl groups excluding tert-OH is 1. The molecule has 166 valence electrons. The van der Waals surface area contributed by atoms with Gasteiger partial charge in [0.25, 0.3) is 5.91 Å². The Morgan fingerprint density at radius 2 is 2.06 bits per heavy atom. The molecule has 13 heteroatoms. The second-order valence-electron chi connectivity index (χ2n) is 6.48.